The first-order valence-electron chi connectivity index (χ1n) is 6.69. The van der Waals surface area contributed by atoms with Crippen LogP contribution in [0.25, 0.3) is 10.9 Å². The number of aromatic nitrogens is 1. The number of ether oxygens (including phenoxy) is 1. The molecule has 0 radical (unpaired) electrons. The molecule has 19 heavy (non-hydrogen) atoms. The molecule has 1 aromatic carbocycles. The van der Waals surface area contributed by atoms with Crippen molar-refractivity contribution >= 4 is 16.6 Å². The van der Waals surface area contributed by atoms with Crippen LogP contribution in [0.4, 0.5) is 5.69 Å². The van der Waals surface area contributed by atoms with Gasteiger partial charge in [0, 0.05) is 37.6 Å². The van der Waals surface area contributed by atoms with Crippen LogP contribution in [0.3, 0.4) is 0 Å². The Morgan fingerprint density at radius 1 is 1.21 bits per heavy atom. The average Bonchev–Trinajstić information content (AvgIpc) is 2.47. The lowest BCUT2D eigenvalue weighted by Crippen LogP contribution is -2.43. The highest BCUT2D eigenvalue weighted by atomic mass is 16.5. The highest BCUT2D eigenvalue weighted by Gasteiger charge is 2.15. The normalized spacial score (nSPS) is 15.8. The van der Waals surface area contributed by atoms with E-state index in [4.69, 9.17) is 4.74 Å². The molecule has 1 aliphatic rings. The van der Waals surface area contributed by atoms with E-state index in [2.05, 4.69) is 40.3 Å². The lowest BCUT2D eigenvalue weighted by molar-refractivity contribution is 0.399. The minimum Gasteiger partial charge on any atom is -0.481 e. The second-order valence-electron chi connectivity index (χ2n) is 4.94. The quantitative estimate of drug-likeness (QED) is 0.892. The maximum atomic E-state index is 5.33. The van der Waals surface area contributed by atoms with Crippen molar-refractivity contribution in [1.29, 1.82) is 0 Å². The van der Waals surface area contributed by atoms with Crippen molar-refractivity contribution in [3.05, 3.63) is 29.8 Å². The topological polar surface area (TPSA) is 37.4 Å². The van der Waals surface area contributed by atoms with Crippen molar-refractivity contribution in [3.8, 4) is 5.88 Å². The molecule has 2 aromatic rings. The van der Waals surface area contributed by atoms with Crippen LogP contribution in [-0.2, 0) is 0 Å². The minimum atomic E-state index is 0.685. The molecule has 3 rings (SSSR count). The van der Waals surface area contributed by atoms with Gasteiger partial charge in [-0.05, 0) is 19.1 Å². The Labute approximate surface area is 113 Å². The SMILES string of the molecule is COc1cc(N2CCNCC2)c2cc(C)ccc2n1. The summed E-state index contributed by atoms with van der Waals surface area (Å²) in [6.07, 6.45) is 0. The maximum absolute atomic E-state index is 5.33. The van der Waals surface area contributed by atoms with Crippen molar-refractivity contribution in [2.75, 3.05) is 38.2 Å². The molecule has 0 amide bonds. The van der Waals surface area contributed by atoms with E-state index in [1.165, 1.54) is 16.6 Å². The highest BCUT2D eigenvalue weighted by Crippen LogP contribution is 2.30. The summed E-state index contributed by atoms with van der Waals surface area (Å²) in [5.74, 6) is 0.685. The van der Waals surface area contributed by atoms with Crippen LogP contribution in [0.5, 0.6) is 5.88 Å². The summed E-state index contributed by atoms with van der Waals surface area (Å²) in [6, 6.07) is 8.42. The number of aryl methyl sites for hydroxylation is 1. The fraction of sp³-hybridized carbons (Fsp3) is 0.400. The summed E-state index contributed by atoms with van der Waals surface area (Å²) in [4.78, 5) is 6.93. The zero-order chi connectivity index (χ0) is 13.2. The van der Waals surface area contributed by atoms with Gasteiger partial charge in [-0.2, -0.15) is 0 Å². The fourth-order valence-electron chi connectivity index (χ4n) is 2.57. The van der Waals surface area contributed by atoms with E-state index < -0.39 is 0 Å². The summed E-state index contributed by atoms with van der Waals surface area (Å²) in [5.41, 5.74) is 3.49. The summed E-state index contributed by atoms with van der Waals surface area (Å²) in [6.45, 7) is 6.22. The fourth-order valence-corrected chi connectivity index (χ4v) is 2.57. The van der Waals surface area contributed by atoms with Crippen molar-refractivity contribution in [1.82, 2.24) is 10.3 Å². The van der Waals surface area contributed by atoms with Crippen LogP contribution in [-0.4, -0.2) is 38.3 Å². The van der Waals surface area contributed by atoms with Crippen LogP contribution >= 0.6 is 0 Å². The Balaban J connectivity index is 2.15. The lowest BCUT2D eigenvalue weighted by atomic mass is 10.1. The number of nitrogens with zero attached hydrogens (tertiary/aromatic N) is 2. The van der Waals surface area contributed by atoms with Gasteiger partial charge < -0.3 is 15.0 Å². The van der Waals surface area contributed by atoms with Gasteiger partial charge in [0.05, 0.1) is 18.3 Å². The molecule has 4 nitrogen and oxygen atoms in total. The van der Waals surface area contributed by atoms with Crippen LogP contribution in [0, 0.1) is 6.92 Å². The molecule has 1 aromatic heterocycles. The van der Waals surface area contributed by atoms with Crippen LogP contribution in [0.15, 0.2) is 24.3 Å². The molecule has 4 heteroatoms. The first kappa shape index (κ1) is 12.2. The Morgan fingerprint density at radius 3 is 2.74 bits per heavy atom. The molecule has 0 spiro atoms. The number of fused-ring (bicyclic) bond motifs is 1. The lowest BCUT2D eigenvalue weighted by Gasteiger charge is -2.30. The number of piperazine rings is 1. The number of rotatable bonds is 2. The number of hydrogen-bond acceptors (Lipinski definition) is 4. The number of nitrogens with one attached hydrogen (secondary N) is 1. The molecule has 1 aliphatic heterocycles. The minimum absolute atomic E-state index is 0.685. The third kappa shape index (κ3) is 2.36. The van der Waals surface area contributed by atoms with Crippen molar-refractivity contribution in [2.24, 2.45) is 0 Å². The highest BCUT2D eigenvalue weighted by molar-refractivity contribution is 5.93. The second kappa shape index (κ2) is 5.05. The van der Waals surface area contributed by atoms with Crippen molar-refractivity contribution < 1.29 is 4.74 Å². The Bertz CT molecular complexity index is 591. The predicted octanol–water partition coefficient (Wildman–Crippen LogP) is 1.96. The van der Waals surface area contributed by atoms with Crippen molar-refractivity contribution in [2.45, 2.75) is 6.92 Å². The zero-order valence-electron chi connectivity index (χ0n) is 11.4. The number of hydrogen-bond donors (Lipinski definition) is 1. The van der Waals surface area contributed by atoms with Gasteiger partial charge in [-0.1, -0.05) is 11.6 Å². The van der Waals surface area contributed by atoms with Crippen LogP contribution in [0.1, 0.15) is 5.56 Å². The third-order valence-corrected chi connectivity index (χ3v) is 3.59. The smallest absolute Gasteiger partial charge is 0.215 e. The number of benzene rings is 1. The molecule has 100 valence electrons. The standard InChI is InChI=1S/C15H19N3O/c1-11-3-4-13-12(9-11)14(10-15(17-13)19-2)18-7-5-16-6-8-18/h3-4,9-10,16H,5-8H2,1-2H3. The van der Waals surface area contributed by atoms with E-state index in [-0.39, 0.29) is 0 Å². The van der Waals surface area contributed by atoms with E-state index in [0.29, 0.717) is 5.88 Å². The molecular formula is C15H19N3O. The zero-order valence-corrected chi connectivity index (χ0v) is 11.4. The van der Waals surface area contributed by atoms with Crippen LogP contribution in [0.2, 0.25) is 0 Å². The molecule has 0 bridgehead atoms. The number of methoxy groups -OCH3 is 1. The van der Waals surface area contributed by atoms with Crippen molar-refractivity contribution in [3.63, 3.8) is 0 Å². The largest absolute Gasteiger partial charge is 0.481 e. The molecule has 1 N–H and O–H groups in total. The van der Waals surface area contributed by atoms with Gasteiger partial charge in [0.1, 0.15) is 0 Å². The van der Waals surface area contributed by atoms with Gasteiger partial charge >= 0.3 is 0 Å². The van der Waals surface area contributed by atoms with E-state index >= 15 is 0 Å². The summed E-state index contributed by atoms with van der Waals surface area (Å²) >= 11 is 0. The summed E-state index contributed by atoms with van der Waals surface area (Å²) < 4.78 is 5.33. The summed E-state index contributed by atoms with van der Waals surface area (Å²) in [7, 11) is 1.67. The first-order valence-corrected chi connectivity index (χ1v) is 6.69. The average molecular weight is 257 g/mol. The first-order chi connectivity index (χ1) is 9.28. The number of pyridine rings is 1. The maximum Gasteiger partial charge on any atom is 0.215 e. The Hall–Kier alpha value is -1.81. The van der Waals surface area contributed by atoms with E-state index in [0.717, 1.165) is 31.7 Å². The number of anilines is 1. The second-order valence-corrected chi connectivity index (χ2v) is 4.94. The predicted molar refractivity (Wildman–Crippen MR) is 78.1 cm³/mol. The monoisotopic (exact) mass is 257 g/mol. The Morgan fingerprint density at radius 2 is 2.00 bits per heavy atom. The molecule has 0 saturated carbocycles. The van der Waals surface area contributed by atoms with Gasteiger partial charge in [0.2, 0.25) is 5.88 Å². The van der Waals surface area contributed by atoms with E-state index in [1.54, 1.807) is 7.11 Å². The third-order valence-electron chi connectivity index (χ3n) is 3.59. The summed E-state index contributed by atoms with van der Waals surface area (Å²) in [5, 5.41) is 4.59. The van der Waals surface area contributed by atoms with E-state index in [1.807, 2.05) is 6.07 Å². The van der Waals surface area contributed by atoms with Gasteiger partial charge in [-0.25, -0.2) is 4.98 Å². The van der Waals surface area contributed by atoms with Gasteiger partial charge in [-0.15, -0.1) is 0 Å². The molecule has 0 unspecified atom stereocenters. The molecule has 1 fully saturated rings. The Kier molecular flexibility index (Phi) is 3.25. The van der Waals surface area contributed by atoms with E-state index in [9.17, 15) is 0 Å². The molecular weight excluding hydrogens is 238 g/mol. The van der Waals surface area contributed by atoms with Gasteiger partial charge in [0.25, 0.3) is 0 Å². The van der Waals surface area contributed by atoms with Gasteiger partial charge in [-0.3, -0.25) is 0 Å². The molecule has 0 aliphatic carbocycles. The molecule has 0 atom stereocenters. The van der Waals surface area contributed by atoms with Gasteiger partial charge in [0.15, 0.2) is 0 Å². The molecule has 2 heterocycles. The van der Waals surface area contributed by atoms with Crippen LogP contribution < -0.4 is 15.0 Å². The molecule has 1 saturated heterocycles.